The van der Waals surface area contributed by atoms with Gasteiger partial charge in [-0.1, -0.05) is 116 Å². The molecule has 1 atom stereocenters. The molecule has 8 rings (SSSR count). The number of pyridine rings is 2. The van der Waals surface area contributed by atoms with E-state index in [1.54, 1.807) is 0 Å². The van der Waals surface area contributed by atoms with Crippen LogP contribution in [0, 0.1) is 5.92 Å². The zero-order chi connectivity index (χ0) is 28.8. The molecule has 0 fully saturated rings. The van der Waals surface area contributed by atoms with Crippen LogP contribution < -0.4 is 0 Å². The van der Waals surface area contributed by atoms with Gasteiger partial charge < -0.3 is 0 Å². The fraction of sp³-hybridized carbons (Fsp3) is 0.0732. The molecule has 0 amide bonds. The van der Waals surface area contributed by atoms with E-state index >= 15 is 0 Å². The molecule has 5 aromatic carbocycles. The molecular weight excluding hydrogens is 520 g/mol. The SMILES string of the molecule is CC1C=CC(c2c3ccccc3c(-c3cccc4c(-c5ccncc5-c5cccnc5)cccc34)c3ccccc23)=CC1. The summed E-state index contributed by atoms with van der Waals surface area (Å²) in [5.41, 5.74) is 9.67. The normalized spacial score (nSPS) is 14.8. The van der Waals surface area contributed by atoms with Gasteiger partial charge in [-0.3, -0.25) is 9.97 Å². The van der Waals surface area contributed by atoms with E-state index in [-0.39, 0.29) is 0 Å². The van der Waals surface area contributed by atoms with Crippen LogP contribution in [0.2, 0.25) is 0 Å². The van der Waals surface area contributed by atoms with Crippen molar-refractivity contribution >= 4 is 37.9 Å². The lowest BCUT2D eigenvalue weighted by Gasteiger charge is -2.21. The average molecular weight is 551 g/mol. The van der Waals surface area contributed by atoms with Crippen molar-refractivity contribution in [1.82, 2.24) is 9.97 Å². The van der Waals surface area contributed by atoms with Crippen LogP contribution in [0.1, 0.15) is 18.9 Å². The first-order chi connectivity index (χ1) is 21.3. The number of fused-ring (bicyclic) bond motifs is 3. The highest BCUT2D eigenvalue weighted by Crippen LogP contribution is 2.46. The van der Waals surface area contributed by atoms with Gasteiger partial charge in [-0.15, -0.1) is 0 Å². The van der Waals surface area contributed by atoms with Crippen LogP contribution in [0.25, 0.3) is 71.3 Å². The molecule has 204 valence electrons. The third-order valence-corrected chi connectivity index (χ3v) is 8.81. The van der Waals surface area contributed by atoms with Crippen LogP contribution in [-0.4, -0.2) is 9.97 Å². The van der Waals surface area contributed by atoms with Gasteiger partial charge in [0.2, 0.25) is 0 Å². The molecule has 43 heavy (non-hydrogen) atoms. The van der Waals surface area contributed by atoms with Gasteiger partial charge in [0.05, 0.1) is 0 Å². The molecule has 0 bridgehead atoms. The minimum Gasteiger partial charge on any atom is -0.264 e. The molecule has 1 aliphatic rings. The van der Waals surface area contributed by atoms with Crippen molar-refractivity contribution < 1.29 is 0 Å². The van der Waals surface area contributed by atoms with Gasteiger partial charge in [-0.05, 0) is 90.2 Å². The Morgan fingerprint density at radius 3 is 1.79 bits per heavy atom. The summed E-state index contributed by atoms with van der Waals surface area (Å²) in [4.78, 5) is 8.85. The lowest BCUT2D eigenvalue weighted by Crippen LogP contribution is -1.97. The second kappa shape index (κ2) is 10.5. The van der Waals surface area contributed by atoms with Crippen molar-refractivity contribution in [3.05, 3.63) is 152 Å². The number of hydrogen-bond donors (Lipinski definition) is 0. The van der Waals surface area contributed by atoms with E-state index in [0.717, 1.165) is 23.1 Å². The number of nitrogens with zero attached hydrogens (tertiary/aromatic N) is 2. The predicted molar refractivity (Wildman–Crippen MR) is 182 cm³/mol. The zero-order valence-electron chi connectivity index (χ0n) is 24.0. The van der Waals surface area contributed by atoms with Gasteiger partial charge in [0.25, 0.3) is 0 Å². The first-order valence-electron chi connectivity index (χ1n) is 15.0. The predicted octanol–water partition coefficient (Wildman–Crippen LogP) is 10.9. The summed E-state index contributed by atoms with van der Waals surface area (Å²) < 4.78 is 0. The second-order valence-corrected chi connectivity index (χ2v) is 11.4. The smallest absolute Gasteiger partial charge is 0.0353 e. The van der Waals surface area contributed by atoms with Gasteiger partial charge >= 0.3 is 0 Å². The molecule has 2 aromatic heterocycles. The van der Waals surface area contributed by atoms with Gasteiger partial charge in [-0.25, -0.2) is 0 Å². The summed E-state index contributed by atoms with van der Waals surface area (Å²) in [6.45, 7) is 2.28. The minimum absolute atomic E-state index is 0.574. The number of benzene rings is 5. The monoisotopic (exact) mass is 550 g/mol. The number of aromatic nitrogens is 2. The Morgan fingerprint density at radius 2 is 1.14 bits per heavy atom. The Kier molecular flexibility index (Phi) is 6.19. The Balaban J connectivity index is 1.42. The Bertz CT molecular complexity index is 2170. The molecule has 0 spiro atoms. The quantitative estimate of drug-likeness (QED) is 0.204. The van der Waals surface area contributed by atoms with Crippen molar-refractivity contribution in [2.75, 3.05) is 0 Å². The van der Waals surface area contributed by atoms with Gasteiger partial charge in [0.1, 0.15) is 0 Å². The zero-order valence-corrected chi connectivity index (χ0v) is 24.0. The molecule has 0 saturated carbocycles. The highest BCUT2D eigenvalue weighted by Gasteiger charge is 2.20. The van der Waals surface area contributed by atoms with E-state index in [4.69, 9.17) is 0 Å². The fourth-order valence-electron chi connectivity index (χ4n) is 6.79. The van der Waals surface area contributed by atoms with Crippen LogP contribution in [0.4, 0.5) is 0 Å². The standard InChI is InChI=1S/C41H30N2/c1-27-18-20-28(21-19-27)40-35-10-2-4-12-37(35)41(38-13-5-3-11-36(38)40)34-17-7-15-30-31(14-6-16-32(30)34)33-22-24-43-26-39(33)29-9-8-23-42-25-29/h2-18,20-27H,19H2,1H3. The van der Waals surface area contributed by atoms with E-state index in [1.807, 2.05) is 30.9 Å². The maximum absolute atomic E-state index is 4.47. The number of hydrogen-bond acceptors (Lipinski definition) is 2. The third-order valence-electron chi connectivity index (χ3n) is 8.81. The average Bonchev–Trinajstić information content (AvgIpc) is 3.08. The summed E-state index contributed by atoms with van der Waals surface area (Å²) in [6, 6.07) is 37.5. The number of allylic oxidation sites excluding steroid dienone is 4. The van der Waals surface area contributed by atoms with Gasteiger partial charge in [0.15, 0.2) is 0 Å². The van der Waals surface area contributed by atoms with Crippen LogP contribution in [0.3, 0.4) is 0 Å². The van der Waals surface area contributed by atoms with Crippen LogP contribution in [-0.2, 0) is 0 Å². The number of rotatable bonds is 4. The summed E-state index contributed by atoms with van der Waals surface area (Å²) in [6.07, 6.45) is 15.7. The fourth-order valence-corrected chi connectivity index (χ4v) is 6.79. The summed E-state index contributed by atoms with van der Waals surface area (Å²) in [5.74, 6) is 0.574. The van der Waals surface area contributed by atoms with E-state index in [0.29, 0.717) is 5.92 Å². The van der Waals surface area contributed by atoms with Crippen LogP contribution in [0.5, 0.6) is 0 Å². The molecule has 1 aliphatic carbocycles. The molecular formula is C41H30N2. The van der Waals surface area contributed by atoms with Crippen molar-refractivity contribution in [2.45, 2.75) is 13.3 Å². The van der Waals surface area contributed by atoms with Crippen molar-refractivity contribution in [3.8, 4) is 33.4 Å². The molecule has 0 N–H and O–H groups in total. The molecule has 1 unspecified atom stereocenters. The second-order valence-electron chi connectivity index (χ2n) is 11.4. The molecule has 2 nitrogen and oxygen atoms in total. The lowest BCUT2D eigenvalue weighted by atomic mass is 9.82. The summed E-state index contributed by atoms with van der Waals surface area (Å²) in [7, 11) is 0. The molecule has 0 radical (unpaired) electrons. The lowest BCUT2D eigenvalue weighted by molar-refractivity contribution is 0.739. The van der Waals surface area contributed by atoms with E-state index < -0.39 is 0 Å². The van der Waals surface area contributed by atoms with Crippen LogP contribution >= 0.6 is 0 Å². The van der Waals surface area contributed by atoms with Crippen molar-refractivity contribution in [1.29, 1.82) is 0 Å². The topological polar surface area (TPSA) is 25.8 Å². The van der Waals surface area contributed by atoms with E-state index in [1.165, 1.54) is 60.1 Å². The Hall–Kier alpha value is -5.34. The Labute approximate surface area is 251 Å². The molecule has 0 saturated heterocycles. The Morgan fingerprint density at radius 1 is 0.512 bits per heavy atom. The first-order valence-corrected chi connectivity index (χ1v) is 15.0. The first kappa shape index (κ1) is 25.4. The maximum atomic E-state index is 4.47. The van der Waals surface area contributed by atoms with Gasteiger partial charge in [0, 0.05) is 35.9 Å². The molecule has 2 heterocycles. The molecule has 7 aromatic rings. The summed E-state index contributed by atoms with van der Waals surface area (Å²) in [5, 5.41) is 7.61. The minimum atomic E-state index is 0.574. The third kappa shape index (κ3) is 4.26. The summed E-state index contributed by atoms with van der Waals surface area (Å²) >= 11 is 0. The largest absolute Gasteiger partial charge is 0.264 e. The van der Waals surface area contributed by atoms with Crippen molar-refractivity contribution in [2.24, 2.45) is 5.92 Å². The van der Waals surface area contributed by atoms with E-state index in [9.17, 15) is 0 Å². The maximum Gasteiger partial charge on any atom is 0.0353 e. The van der Waals surface area contributed by atoms with Crippen LogP contribution in [0.15, 0.2) is 146 Å². The molecule has 2 heteroatoms. The van der Waals surface area contributed by atoms with Gasteiger partial charge in [-0.2, -0.15) is 0 Å². The van der Waals surface area contributed by atoms with E-state index in [2.05, 4.69) is 132 Å². The molecule has 0 aliphatic heterocycles. The van der Waals surface area contributed by atoms with Crippen molar-refractivity contribution in [3.63, 3.8) is 0 Å². The highest BCUT2D eigenvalue weighted by molar-refractivity contribution is 6.22. The highest BCUT2D eigenvalue weighted by atomic mass is 14.6.